The third-order valence-electron chi connectivity index (χ3n) is 9.98. The maximum atomic E-state index is 17.0. The molecule has 2 aliphatic heterocycles. The number of halogens is 3. The highest BCUT2D eigenvalue weighted by atomic mass is 35.5. The van der Waals surface area contributed by atoms with Crippen LogP contribution in [0.4, 0.5) is 4.39 Å². The first-order chi connectivity index (χ1) is 23.5. The summed E-state index contributed by atoms with van der Waals surface area (Å²) < 4.78 is 34.7. The van der Waals surface area contributed by atoms with Crippen molar-refractivity contribution in [3.63, 3.8) is 0 Å². The molecule has 1 fully saturated rings. The van der Waals surface area contributed by atoms with Crippen molar-refractivity contribution in [3.8, 4) is 5.75 Å². The molecule has 6 rings (SSSR count). The molecule has 2 aliphatic rings. The molecule has 49 heavy (non-hydrogen) atoms. The number of fused-ring (bicyclic) bond motifs is 1. The van der Waals surface area contributed by atoms with Crippen LogP contribution in [-0.2, 0) is 25.6 Å². The van der Waals surface area contributed by atoms with Crippen molar-refractivity contribution in [2.75, 3.05) is 20.3 Å². The van der Waals surface area contributed by atoms with Gasteiger partial charge in [-0.15, -0.1) is 0 Å². The Hall–Kier alpha value is -3.79. The van der Waals surface area contributed by atoms with Crippen LogP contribution in [-0.4, -0.2) is 42.2 Å². The van der Waals surface area contributed by atoms with E-state index in [0.29, 0.717) is 65.0 Å². The molecule has 0 saturated carbocycles. The van der Waals surface area contributed by atoms with Gasteiger partial charge in [0.1, 0.15) is 11.6 Å². The largest absolute Gasteiger partial charge is 0.426 e. The predicted molar refractivity (Wildman–Crippen MR) is 185 cm³/mol. The van der Waals surface area contributed by atoms with E-state index in [-0.39, 0.29) is 17.0 Å². The van der Waals surface area contributed by atoms with Gasteiger partial charge in [0.2, 0.25) is 0 Å². The number of amides is 1. The molecule has 4 aromatic rings. The Labute approximate surface area is 295 Å². The normalized spacial score (nSPS) is 20.4. The molecule has 0 spiro atoms. The van der Waals surface area contributed by atoms with Crippen LogP contribution in [0, 0.1) is 17.7 Å². The quantitative estimate of drug-likeness (QED) is 0.132. The molecule has 1 saturated heterocycles. The fourth-order valence-corrected chi connectivity index (χ4v) is 7.67. The van der Waals surface area contributed by atoms with Crippen LogP contribution in [0.1, 0.15) is 71.8 Å². The number of hydrogen-bond acceptors (Lipinski definition) is 6. The van der Waals surface area contributed by atoms with Gasteiger partial charge in [-0.05, 0) is 91.8 Å². The average molecular weight is 707 g/mol. The van der Waals surface area contributed by atoms with E-state index in [2.05, 4.69) is 0 Å². The molecule has 7 nitrogen and oxygen atoms in total. The summed E-state index contributed by atoms with van der Waals surface area (Å²) in [4.78, 5) is 30.4. The first kappa shape index (κ1) is 35.1. The Balaban J connectivity index is 1.57. The van der Waals surface area contributed by atoms with Gasteiger partial charge in [-0.25, -0.2) is 4.39 Å². The average Bonchev–Trinajstić information content (AvgIpc) is 3.38. The Morgan fingerprint density at radius 1 is 1.02 bits per heavy atom. The number of esters is 1. The van der Waals surface area contributed by atoms with Gasteiger partial charge in [-0.2, -0.15) is 0 Å². The number of aliphatic hydroxyl groups is 1. The smallest absolute Gasteiger partial charge is 0.316 e. The van der Waals surface area contributed by atoms with Crippen molar-refractivity contribution < 1.29 is 33.3 Å². The van der Waals surface area contributed by atoms with E-state index in [4.69, 9.17) is 37.4 Å². The van der Waals surface area contributed by atoms with Crippen LogP contribution in [0.25, 0.3) is 0 Å². The van der Waals surface area contributed by atoms with Gasteiger partial charge in [0.15, 0.2) is 5.72 Å². The van der Waals surface area contributed by atoms with E-state index < -0.39 is 41.0 Å². The van der Waals surface area contributed by atoms with Gasteiger partial charge in [-0.3, -0.25) is 14.5 Å². The summed E-state index contributed by atoms with van der Waals surface area (Å²) >= 11 is 12.6. The van der Waals surface area contributed by atoms with Gasteiger partial charge in [0.25, 0.3) is 5.91 Å². The van der Waals surface area contributed by atoms with Gasteiger partial charge < -0.3 is 19.3 Å². The van der Waals surface area contributed by atoms with Gasteiger partial charge in [0.05, 0.1) is 28.7 Å². The van der Waals surface area contributed by atoms with Gasteiger partial charge in [0, 0.05) is 35.9 Å². The van der Waals surface area contributed by atoms with Crippen LogP contribution in [0.2, 0.25) is 10.0 Å². The zero-order chi connectivity index (χ0) is 34.9. The third-order valence-corrected chi connectivity index (χ3v) is 10.5. The number of nitrogens with zero attached hydrogens (tertiary/aromatic N) is 1. The van der Waals surface area contributed by atoms with E-state index >= 15 is 9.18 Å². The van der Waals surface area contributed by atoms with Crippen LogP contribution in [0.3, 0.4) is 0 Å². The molecule has 4 atom stereocenters. The molecule has 4 aromatic carbocycles. The number of hydrogen-bond donors (Lipinski definition) is 1. The third kappa shape index (κ3) is 6.26. The number of benzene rings is 4. The summed E-state index contributed by atoms with van der Waals surface area (Å²) in [6.07, 6.45) is 1.49. The predicted octanol–water partition coefficient (Wildman–Crippen LogP) is 8.44. The van der Waals surface area contributed by atoms with Crippen LogP contribution < -0.4 is 4.74 Å². The SMILES string of the molecule is CC[C@@](O)(c1cc(F)c2c(c1)C(=O)N([C@H](c1ccc(Cl)cc1)[C@H](C)C(=O)Oc1ccccc1)[C@@]2(OC)c1ccc(Cl)cc1)C1CCOCC1. The van der Waals surface area contributed by atoms with Crippen molar-refractivity contribution in [2.24, 2.45) is 11.8 Å². The van der Waals surface area contributed by atoms with Crippen molar-refractivity contribution in [1.29, 1.82) is 0 Å². The fourth-order valence-electron chi connectivity index (χ4n) is 7.41. The summed E-state index contributed by atoms with van der Waals surface area (Å²) in [5, 5.41) is 13.0. The monoisotopic (exact) mass is 705 g/mol. The fraction of sp³-hybridized carbons (Fsp3) is 0.333. The summed E-state index contributed by atoms with van der Waals surface area (Å²) in [6, 6.07) is 23.9. The number of para-hydroxylation sites is 1. The van der Waals surface area contributed by atoms with Crippen molar-refractivity contribution in [1.82, 2.24) is 4.90 Å². The molecular weight excluding hydrogens is 668 g/mol. The lowest BCUT2D eigenvalue weighted by Crippen LogP contribution is -2.51. The Bertz CT molecular complexity index is 1820. The van der Waals surface area contributed by atoms with Crippen LogP contribution >= 0.6 is 23.2 Å². The summed E-state index contributed by atoms with van der Waals surface area (Å²) in [5.74, 6) is -2.78. The Morgan fingerprint density at radius 2 is 1.63 bits per heavy atom. The molecule has 2 heterocycles. The van der Waals surface area contributed by atoms with E-state index in [9.17, 15) is 9.90 Å². The topological polar surface area (TPSA) is 85.3 Å². The van der Waals surface area contributed by atoms with Crippen molar-refractivity contribution in [3.05, 3.63) is 135 Å². The molecule has 10 heteroatoms. The second-order valence-electron chi connectivity index (χ2n) is 12.6. The Morgan fingerprint density at radius 3 is 2.22 bits per heavy atom. The second-order valence-corrected chi connectivity index (χ2v) is 13.5. The molecule has 1 N–H and O–H groups in total. The minimum absolute atomic E-state index is 0.0216. The lowest BCUT2D eigenvalue weighted by atomic mass is 9.74. The zero-order valence-electron chi connectivity index (χ0n) is 27.5. The highest BCUT2D eigenvalue weighted by Crippen LogP contribution is 2.53. The molecule has 0 unspecified atom stereocenters. The van der Waals surface area contributed by atoms with E-state index in [1.54, 1.807) is 91.9 Å². The minimum atomic E-state index is -1.85. The maximum Gasteiger partial charge on any atom is 0.316 e. The number of carbonyl (C=O) groups excluding carboxylic acids is 2. The molecule has 0 bridgehead atoms. The maximum absolute atomic E-state index is 17.0. The van der Waals surface area contributed by atoms with E-state index in [1.165, 1.54) is 18.1 Å². The molecule has 0 aliphatic carbocycles. The van der Waals surface area contributed by atoms with E-state index in [0.717, 1.165) is 0 Å². The standard InChI is InChI=1S/C39H38Cl2FNO6/c1-4-38(46,26-18-20-48-21-19-26)28-22-32-34(33(42)23-28)39(47-3,27-12-16-30(41)17-13-27)43(36(32)44)35(25-10-14-29(40)15-11-25)24(2)37(45)49-31-8-6-5-7-9-31/h5-17,22-24,26,35,46H,4,18-21H2,1-3H3/t24-,35-,38-,39+/m0/s1. The number of ether oxygens (including phenoxy) is 3. The van der Waals surface area contributed by atoms with Gasteiger partial charge >= 0.3 is 5.97 Å². The highest BCUT2D eigenvalue weighted by Gasteiger charge is 2.58. The summed E-state index contributed by atoms with van der Waals surface area (Å²) in [6.45, 7) is 4.47. The molecule has 0 aromatic heterocycles. The molecular formula is C39H38Cl2FNO6. The Kier molecular flexibility index (Phi) is 10.2. The lowest BCUT2D eigenvalue weighted by Gasteiger charge is -2.44. The molecule has 256 valence electrons. The molecule has 0 radical (unpaired) electrons. The van der Waals surface area contributed by atoms with Crippen molar-refractivity contribution >= 4 is 35.1 Å². The van der Waals surface area contributed by atoms with Crippen LogP contribution in [0.5, 0.6) is 5.75 Å². The number of carbonyl (C=O) groups is 2. The minimum Gasteiger partial charge on any atom is -0.426 e. The first-order valence-corrected chi connectivity index (χ1v) is 17.1. The van der Waals surface area contributed by atoms with Crippen LogP contribution in [0.15, 0.2) is 91.0 Å². The van der Waals surface area contributed by atoms with E-state index in [1.807, 2.05) is 6.92 Å². The lowest BCUT2D eigenvalue weighted by molar-refractivity contribution is -0.147. The molecule has 1 amide bonds. The summed E-state index contributed by atoms with van der Waals surface area (Å²) in [5.41, 5.74) is -2.01. The zero-order valence-corrected chi connectivity index (χ0v) is 29.0. The van der Waals surface area contributed by atoms with Gasteiger partial charge in [-0.1, -0.05) is 72.6 Å². The highest BCUT2D eigenvalue weighted by molar-refractivity contribution is 6.30. The number of methoxy groups -OCH3 is 1. The number of rotatable bonds is 10. The second kappa shape index (κ2) is 14.2. The summed E-state index contributed by atoms with van der Waals surface area (Å²) in [7, 11) is 1.40. The van der Waals surface area contributed by atoms with Crippen molar-refractivity contribution in [2.45, 2.75) is 50.5 Å². The first-order valence-electron chi connectivity index (χ1n) is 16.4.